The average Bonchev–Trinajstić information content (AvgIpc) is 2.65. The molecule has 0 aromatic rings. The molecule has 90 valence electrons. The number of carbonyl (C=O) groups excluding carboxylic acids is 2. The molecule has 2 N–H and O–H groups in total. The van der Waals surface area contributed by atoms with Crippen molar-refractivity contribution in [3.05, 3.63) is 12.2 Å². The van der Waals surface area contributed by atoms with Crippen LogP contribution in [0.15, 0.2) is 12.2 Å². The Morgan fingerprint density at radius 2 is 1.69 bits per heavy atom. The SMILES string of the molecule is CC(N)N1CCCCC1.O=C1C=CC(=O)O1. The minimum absolute atomic E-state index is 0.269. The number of carbonyl (C=O) groups is 2. The lowest BCUT2D eigenvalue weighted by Crippen LogP contribution is -2.42. The number of ether oxygens (including phenoxy) is 1. The number of nitrogens with zero attached hydrogens (tertiary/aromatic N) is 1. The smallest absolute Gasteiger partial charge is 0.338 e. The van der Waals surface area contributed by atoms with Gasteiger partial charge in [0.1, 0.15) is 0 Å². The van der Waals surface area contributed by atoms with Crippen LogP contribution in [0.2, 0.25) is 0 Å². The number of cyclic esters (lactones) is 2. The van der Waals surface area contributed by atoms with Crippen molar-refractivity contribution in [2.75, 3.05) is 13.1 Å². The van der Waals surface area contributed by atoms with Gasteiger partial charge in [0.2, 0.25) is 0 Å². The van der Waals surface area contributed by atoms with E-state index in [0.29, 0.717) is 0 Å². The van der Waals surface area contributed by atoms with Crippen LogP contribution in [0.5, 0.6) is 0 Å². The lowest BCUT2D eigenvalue weighted by molar-refractivity contribution is -0.150. The molecule has 2 rings (SSSR count). The zero-order chi connectivity index (χ0) is 12.0. The van der Waals surface area contributed by atoms with Crippen LogP contribution >= 0.6 is 0 Å². The second-order valence-electron chi connectivity index (χ2n) is 3.91. The normalized spacial score (nSPS) is 22.4. The van der Waals surface area contributed by atoms with E-state index in [1.54, 1.807) is 0 Å². The fraction of sp³-hybridized carbons (Fsp3) is 0.636. The zero-order valence-electron chi connectivity index (χ0n) is 9.52. The molecular formula is C11H18N2O3. The molecule has 1 atom stereocenters. The second-order valence-corrected chi connectivity index (χ2v) is 3.91. The third kappa shape index (κ3) is 4.55. The summed E-state index contributed by atoms with van der Waals surface area (Å²) in [5, 5.41) is 0. The van der Waals surface area contributed by atoms with E-state index >= 15 is 0 Å². The topological polar surface area (TPSA) is 72.6 Å². The highest BCUT2D eigenvalue weighted by Crippen LogP contribution is 2.08. The van der Waals surface area contributed by atoms with Gasteiger partial charge in [-0.25, -0.2) is 9.59 Å². The largest absolute Gasteiger partial charge is 0.387 e. The molecule has 0 aromatic heterocycles. The van der Waals surface area contributed by atoms with Gasteiger partial charge < -0.3 is 10.5 Å². The summed E-state index contributed by atoms with van der Waals surface area (Å²) in [5.74, 6) is -1.16. The van der Waals surface area contributed by atoms with Crippen molar-refractivity contribution in [2.45, 2.75) is 32.4 Å². The Morgan fingerprint density at radius 3 is 1.94 bits per heavy atom. The zero-order valence-corrected chi connectivity index (χ0v) is 9.52. The molecule has 0 aliphatic carbocycles. The fourth-order valence-electron chi connectivity index (χ4n) is 1.63. The summed E-state index contributed by atoms with van der Waals surface area (Å²) in [4.78, 5) is 22.2. The summed E-state index contributed by atoms with van der Waals surface area (Å²) < 4.78 is 3.97. The van der Waals surface area contributed by atoms with Gasteiger partial charge in [0.25, 0.3) is 0 Å². The van der Waals surface area contributed by atoms with Crippen molar-refractivity contribution < 1.29 is 14.3 Å². The molecule has 5 heteroatoms. The van der Waals surface area contributed by atoms with E-state index in [-0.39, 0.29) is 6.17 Å². The summed E-state index contributed by atoms with van der Waals surface area (Å²) in [7, 11) is 0. The Kier molecular flexibility index (Phi) is 5.14. The molecule has 0 bridgehead atoms. The van der Waals surface area contributed by atoms with Crippen molar-refractivity contribution in [1.82, 2.24) is 4.90 Å². The molecule has 1 unspecified atom stereocenters. The van der Waals surface area contributed by atoms with Gasteiger partial charge in [-0.2, -0.15) is 0 Å². The van der Waals surface area contributed by atoms with Crippen LogP contribution in [0.4, 0.5) is 0 Å². The van der Waals surface area contributed by atoms with Crippen LogP contribution in [-0.4, -0.2) is 36.1 Å². The van der Waals surface area contributed by atoms with E-state index in [1.165, 1.54) is 32.4 Å². The summed E-state index contributed by atoms with van der Waals surface area (Å²) in [6.07, 6.45) is 6.50. The molecule has 16 heavy (non-hydrogen) atoms. The lowest BCUT2D eigenvalue weighted by atomic mass is 10.1. The van der Waals surface area contributed by atoms with E-state index in [1.807, 2.05) is 0 Å². The van der Waals surface area contributed by atoms with E-state index < -0.39 is 11.9 Å². The summed E-state index contributed by atoms with van der Waals surface area (Å²) in [5.41, 5.74) is 5.69. The number of nitrogens with two attached hydrogens (primary N) is 1. The predicted octanol–water partition coefficient (Wildman–Crippen LogP) is 0.403. The van der Waals surface area contributed by atoms with Crippen molar-refractivity contribution in [1.29, 1.82) is 0 Å². The summed E-state index contributed by atoms with van der Waals surface area (Å²) >= 11 is 0. The molecular weight excluding hydrogens is 208 g/mol. The van der Waals surface area contributed by atoms with E-state index in [2.05, 4.69) is 16.6 Å². The van der Waals surface area contributed by atoms with Gasteiger partial charge in [-0.05, 0) is 32.9 Å². The summed E-state index contributed by atoms with van der Waals surface area (Å²) in [6, 6.07) is 0. The third-order valence-electron chi connectivity index (χ3n) is 2.52. The third-order valence-corrected chi connectivity index (χ3v) is 2.52. The van der Waals surface area contributed by atoms with Gasteiger partial charge in [-0.15, -0.1) is 0 Å². The first-order valence-corrected chi connectivity index (χ1v) is 5.53. The van der Waals surface area contributed by atoms with Gasteiger partial charge in [0, 0.05) is 12.2 Å². The van der Waals surface area contributed by atoms with Gasteiger partial charge in [0.15, 0.2) is 0 Å². The average molecular weight is 226 g/mol. The quantitative estimate of drug-likeness (QED) is 0.517. The Balaban J connectivity index is 0.000000165. The lowest BCUT2D eigenvalue weighted by Gasteiger charge is -2.29. The van der Waals surface area contributed by atoms with Crippen LogP contribution in [0.25, 0.3) is 0 Å². The van der Waals surface area contributed by atoms with E-state index in [9.17, 15) is 9.59 Å². The first kappa shape index (κ1) is 12.9. The Hall–Kier alpha value is -1.20. The molecule has 2 aliphatic heterocycles. The van der Waals surface area contributed by atoms with Crippen molar-refractivity contribution in [3.63, 3.8) is 0 Å². The maximum atomic E-state index is 9.92. The molecule has 5 nitrogen and oxygen atoms in total. The van der Waals surface area contributed by atoms with Crippen molar-refractivity contribution in [2.24, 2.45) is 5.73 Å². The molecule has 0 aromatic carbocycles. The molecule has 1 saturated heterocycles. The number of likely N-dealkylation sites (tertiary alicyclic amines) is 1. The minimum atomic E-state index is -0.579. The highest BCUT2D eigenvalue weighted by molar-refractivity contribution is 6.04. The van der Waals surface area contributed by atoms with Gasteiger partial charge >= 0.3 is 11.9 Å². The highest BCUT2D eigenvalue weighted by atomic mass is 16.6. The number of piperidine rings is 1. The molecule has 0 saturated carbocycles. The van der Waals surface area contributed by atoms with Crippen molar-refractivity contribution in [3.8, 4) is 0 Å². The van der Waals surface area contributed by atoms with Crippen LogP contribution < -0.4 is 5.73 Å². The molecule has 0 amide bonds. The standard InChI is InChI=1S/C7H16N2.C4H2O3/c1-7(8)9-5-3-2-4-6-9;5-3-1-2-4(6)7-3/h7H,2-6,8H2,1H3;1-2H. The van der Waals surface area contributed by atoms with Crippen LogP contribution in [-0.2, 0) is 14.3 Å². The first-order chi connectivity index (χ1) is 7.59. The number of hydrogen-bond donors (Lipinski definition) is 1. The van der Waals surface area contributed by atoms with Crippen LogP contribution in [0.1, 0.15) is 26.2 Å². The monoisotopic (exact) mass is 226 g/mol. The predicted molar refractivity (Wildman–Crippen MR) is 59.3 cm³/mol. The van der Waals surface area contributed by atoms with Gasteiger partial charge in [-0.1, -0.05) is 6.42 Å². The highest BCUT2D eigenvalue weighted by Gasteiger charge is 2.12. The van der Waals surface area contributed by atoms with Crippen LogP contribution in [0, 0.1) is 0 Å². The number of hydrogen-bond acceptors (Lipinski definition) is 5. The minimum Gasteiger partial charge on any atom is -0.387 e. The van der Waals surface area contributed by atoms with E-state index in [4.69, 9.17) is 5.73 Å². The summed E-state index contributed by atoms with van der Waals surface area (Å²) in [6.45, 7) is 4.47. The number of esters is 2. The molecule has 0 spiro atoms. The molecule has 0 radical (unpaired) electrons. The molecule has 2 aliphatic rings. The maximum absolute atomic E-state index is 9.92. The molecule has 1 fully saturated rings. The van der Waals surface area contributed by atoms with Crippen LogP contribution in [0.3, 0.4) is 0 Å². The van der Waals surface area contributed by atoms with Gasteiger partial charge in [-0.3, -0.25) is 4.90 Å². The second kappa shape index (κ2) is 6.40. The number of rotatable bonds is 1. The fourth-order valence-corrected chi connectivity index (χ4v) is 1.63. The Labute approximate surface area is 95.2 Å². The maximum Gasteiger partial charge on any atom is 0.338 e. The van der Waals surface area contributed by atoms with Crippen molar-refractivity contribution >= 4 is 11.9 Å². The first-order valence-electron chi connectivity index (χ1n) is 5.53. The van der Waals surface area contributed by atoms with Gasteiger partial charge in [0.05, 0.1) is 6.17 Å². The van der Waals surface area contributed by atoms with E-state index in [0.717, 1.165) is 12.2 Å². The Bertz CT molecular complexity index is 265. The Morgan fingerprint density at radius 1 is 1.19 bits per heavy atom. The molecule has 2 heterocycles.